The number of aryl methyl sites for hydroxylation is 1. The number of thioether (sulfide) groups is 1. The average Bonchev–Trinajstić information content (AvgIpc) is 2.75. The molecular weight excluding hydrogens is 296 g/mol. The molecule has 0 aliphatic carbocycles. The van der Waals surface area contributed by atoms with Crippen molar-refractivity contribution < 1.29 is 0 Å². The van der Waals surface area contributed by atoms with Crippen LogP contribution in [0.5, 0.6) is 0 Å². The van der Waals surface area contributed by atoms with Gasteiger partial charge in [-0.2, -0.15) is 0 Å². The lowest BCUT2D eigenvalue weighted by molar-refractivity contribution is 0.983. The maximum atomic E-state index is 7.78. The summed E-state index contributed by atoms with van der Waals surface area (Å²) in [6, 6.07) is 5.96. The molecule has 0 spiro atoms. The summed E-state index contributed by atoms with van der Waals surface area (Å²) in [5.41, 5.74) is 6.53. The molecule has 2 aromatic rings. The number of nitrogens with two attached hydrogens (primary N) is 1. The van der Waals surface area contributed by atoms with E-state index in [2.05, 4.69) is 17.1 Å². The van der Waals surface area contributed by atoms with Crippen molar-refractivity contribution in [3.63, 3.8) is 0 Å². The van der Waals surface area contributed by atoms with E-state index in [0.717, 1.165) is 30.5 Å². The van der Waals surface area contributed by atoms with Gasteiger partial charge in [0.05, 0.1) is 0 Å². The fourth-order valence-corrected chi connectivity index (χ4v) is 4.42. The standard InChI is InChI=1S/C12H14N4S3/c1-3-17-8-5-4-6-9(10(8)11(13)14)19-12-16-15-7(2)18-12/h4-6H,3H2,1-2H3,(H3,13,14). The Morgan fingerprint density at radius 2 is 2.11 bits per heavy atom. The Labute approximate surface area is 124 Å². The van der Waals surface area contributed by atoms with Crippen molar-refractivity contribution >= 4 is 40.7 Å². The third kappa shape index (κ3) is 3.49. The van der Waals surface area contributed by atoms with Crippen LogP contribution in [-0.2, 0) is 0 Å². The van der Waals surface area contributed by atoms with Crippen molar-refractivity contribution in [1.29, 1.82) is 5.41 Å². The topological polar surface area (TPSA) is 75.7 Å². The smallest absolute Gasteiger partial charge is 0.179 e. The van der Waals surface area contributed by atoms with Crippen LogP contribution in [0.25, 0.3) is 0 Å². The average molecular weight is 310 g/mol. The van der Waals surface area contributed by atoms with Crippen LogP contribution in [0.3, 0.4) is 0 Å². The fourth-order valence-electron chi connectivity index (χ4n) is 1.55. The van der Waals surface area contributed by atoms with Gasteiger partial charge in [-0.15, -0.1) is 22.0 Å². The van der Waals surface area contributed by atoms with Gasteiger partial charge < -0.3 is 5.73 Å². The van der Waals surface area contributed by atoms with Crippen molar-refractivity contribution in [3.05, 3.63) is 28.8 Å². The van der Waals surface area contributed by atoms with Gasteiger partial charge in [-0.1, -0.05) is 36.1 Å². The minimum absolute atomic E-state index is 0.0975. The second-order valence-electron chi connectivity index (χ2n) is 3.67. The number of rotatable bonds is 5. The molecule has 3 N–H and O–H groups in total. The summed E-state index contributed by atoms with van der Waals surface area (Å²) in [6.45, 7) is 4.01. The number of hydrogen-bond donors (Lipinski definition) is 2. The highest BCUT2D eigenvalue weighted by Gasteiger charge is 2.14. The molecule has 2 rings (SSSR count). The number of hydrogen-bond acceptors (Lipinski definition) is 6. The Hall–Kier alpha value is -1.05. The Bertz CT molecular complexity index is 594. The first-order valence-corrected chi connectivity index (χ1v) is 8.31. The molecule has 1 heterocycles. The van der Waals surface area contributed by atoms with Gasteiger partial charge >= 0.3 is 0 Å². The van der Waals surface area contributed by atoms with E-state index in [4.69, 9.17) is 11.1 Å². The van der Waals surface area contributed by atoms with Crippen molar-refractivity contribution in [1.82, 2.24) is 10.2 Å². The summed E-state index contributed by atoms with van der Waals surface area (Å²) in [7, 11) is 0. The number of aromatic nitrogens is 2. The maximum Gasteiger partial charge on any atom is 0.179 e. The third-order valence-corrected chi connectivity index (χ3v) is 5.15. The largest absolute Gasteiger partial charge is 0.384 e. The van der Waals surface area contributed by atoms with Crippen LogP contribution in [0, 0.1) is 12.3 Å². The van der Waals surface area contributed by atoms with Crippen molar-refractivity contribution in [3.8, 4) is 0 Å². The highest BCUT2D eigenvalue weighted by atomic mass is 32.2. The van der Waals surface area contributed by atoms with E-state index in [9.17, 15) is 0 Å². The summed E-state index contributed by atoms with van der Waals surface area (Å²) in [5.74, 6) is 1.05. The number of benzene rings is 1. The molecule has 0 saturated heterocycles. The Balaban J connectivity index is 2.38. The van der Waals surface area contributed by atoms with Gasteiger partial charge in [0, 0.05) is 15.4 Å². The van der Waals surface area contributed by atoms with Gasteiger partial charge in [0.15, 0.2) is 4.34 Å². The first-order chi connectivity index (χ1) is 9.11. The summed E-state index contributed by atoms with van der Waals surface area (Å²) in [4.78, 5) is 2.00. The van der Waals surface area contributed by atoms with Crippen LogP contribution in [-0.4, -0.2) is 21.8 Å². The molecule has 0 aliphatic heterocycles. The highest BCUT2D eigenvalue weighted by Crippen LogP contribution is 2.36. The van der Waals surface area contributed by atoms with Crippen LogP contribution in [0.2, 0.25) is 0 Å². The van der Waals surface area contributed by atoms with Gasteiger partial charge in [0.25, 0.3) is 0 Å². The van der Waals surface area contributed by atoms with Gasteiger partial charge in [-0.05, 0) is 24.8 Å². The Morgan fingerprint density at radius 3 is 2.68 bits per heavy atom. The number of nitrogens with zero attached hydrogens (tertiary/aromatic N) is 2. The molecule has 1 aromatic heterocycles. The molecule has 19 heavy (non-hydrogen) atoms. The van der Waals surface area contributed by atoms with Crippen LogP contribution < -0.4 is 5.73 Å². The minimum Gasteiger partial charge on any atom is -0.384 e. The second kappa shape index (κ2) is 6.40. The fraction of sp³-hybridized carbons (Fsp3) is 0.250. The van der Waals surface area contributed by atoms with Crippen LogP contribution >= 0.6 is 34.9 Å². The zero-order valence-electron chi connectivity index (χ0n) is 10.6. The van der Waals surface area contributed by atoms with Crippen molar-refractivity contribution in [2.75, 3.05) is 5.75 Å². The number of nitrogen functional groups attached to an aromatic ring is 1. The zero-order valence-corrected chi connectivity index (χ0v) is 13.1. The summed E-state index contributed by atoms with van der Waals surface area (Å²) >= 11 is 4.75. The van der Waals surface area contributed by atoms with E-state index in [1.54, 1.807) is 23.1 Å². The molecule has 0 atom stereocenters. The lowest BCUT2D eigenvalue weighted by atomic mass is 10.2. The summed E-state index contributed by atoms with van der Waals surface area (Å²) in [5, 5.41) is 16.8. The molecule has 0 bridgehead atoms. The molecule has 0 saturated carbocycles. The van der Waals surface area contributed by atoms with E-state index in [-0.39, 0.29) is 5.84 Å². The summed E-state index contributed by atoms with van der Waals surface area (Å²) < 4.78 is 0.874. The van der Waals surface area contributed by atoms with Crippen molar-refractivity contribution in [2.45, 2.75) is 28.0 Å². The first kappa shape index (κ1) is 14.4. The van der Waals surface area contributed by atoms with Crippen LogP contribution in [0.4, 0.5) is 0 Å². The molecular formula is C12H14N4S3. The Kier molecular flexibility index (Phi) is 4.84. The molecule has 1 aromatic carbocycles. The predicted molar refractivity (Wildman–Crippen MR) is 82.6 cm³/mol. The molecule has 0 fully saturated rings. The lowest BCUT2D eigenvalue weighted by Crippen LogP contribution is -2.13. The van der Waals surface area contributed by atoms with Gasteiger partial charge in [0.2, 0.25) is 0 Å². The molecule has 0 amide bonds. The number of nitrogens with one attached hydrogen (secondary N) is 1. The van der Waals surface area contributed by atoms with Crippen molar-refractivity contribution in [2.24, 2.45) is 5.73 Å². The Morgan fingerprint density at radius 1 is 1.37 bits per heavy atom. The van der Waals surface area contributed by atoms with Gasteiger partial charge in [-0.25, -0.2) is 0 Å². The number of amidine groups is 1. The van der Waals surface area contributed by atoms with Gasteiger partial charge in [-0.3, -0.25) is 5.41 Å². The summed E-state index contributed by atoms with van der Waals surface area (Å²) in [6.07, 6.45) is 0. The van der Waals surface area contributed by atoms with E-state index >= 15 is 0 Å². The minimum atomic E-state index is 0.0975. The highest BCUT2D eigenvalue weighted by molar-refractivity contribution is 8.01. The molecule has 100 valence electrons. The third-order valence-electron chi connectivity index (χ3n) is 2.26. The monoisotopic (exact) mass is 310 g/mol. The van der Waals surface area contributed by atoms with E-state index in [1.807, 2.05) is 25.1 Å². The quantitative estimate of drug-likeness (QED) is 0.503. The molecule has 7 heteroatoms. The molecule has 0 aliphatic rings. The second-order valence-corrected chi connectivity index (χ2v) is 7.44. The normalized spacial score (nSPS) is 10.6. The molecule has 4 nitrogen and oxygen atoms in total. The van der Waals surface area contributed by atoms with E-state index in [0.29, 0.717) is 0 Å². The lowest BCUT2D eigenvalue weighted by Gasteiger charge is -2.11. The van der Waals surface area contributed by atoms with E-state index in [1.165, 1.54) is 11.8 Å². The first-order valence-electron chi connectivity index (χ1n) is 5.70. The molecule has 0 radical (unpaired) electrons. The zero-order chi connectivity index (χ0) is 13.8. The SMILES string of the molecule is CCSc1cccc(Sc2nnc(C)s2)c1C(=N)N. The molecule has 0 unspecified atom stereocenters. The predicted octanol–water partition coefficient (Wildman–Crippen LogP) is 3.39. The van der Waals surface area contributed by atoms with Gasteiger partial charge in [0.1, 0.15) is 10.8 Å². The van der Waals surface area contributed by atoms with E-state index < -0.39 is 0 Å². The van der Waals surface area contributed by atoms with Crippen LogP contribution in [0.15, 0.2) is 32.3 Å². The maximum absolute atomic E-state index is 7.78. The van der Waals surface area contributed by atoms with Crippen LogP contribution in [0.1, 0.15) is 17.5 Å².